The normalized spacial score (nSPS) is 14.1. The Bertz CT molecular complexity index is 699. The summed E-state index contributed by atoms with van der Waals surface area (Å²) in [5, 5.41) is 21.6. The fourth-order valence-corrected chi connectivity index (χ4v) is 2.42. The number of carbonyl (C=O) groups is 1. The van der Waals surface area contributed by atoms with Crippen LogP contribution in [0.5, 0.6) is 5.75 Å². The van der Waals surface area contributed by atoms with E-state index in [2.05, 4.69) is 20.2 Å². The van der Waals surface area contributed by atoms with Crippen molar-refractivity contribution in [3.05, 3.63) is 36.0 Å². The third kappa shape index (κ3) is 2.93. The number of benzene rings is 1. The van der Waals surface area contributed by atoms with Crippen molar-refractivity contribution in [3.63, 3.8) is 0 Å². The molecule has 7 heteroatoms. The first kappa shape index (κ1) is 14.1. The van der Waals surface area contributed by atoms with E-state index in [1.165, 1.54) is 12.1 Å². The molecule has 1 aromatic heterocycles. The van der Waals surface area contributed by atoms with Crippen LogP contribution >= 0.6 is 0 Å². The van der Waals surface area contributed by atoms with Gasteiger partial charge in [0.15, 0.2) is 0 Å². The monoisotopic (exact) mass is 300 g/mol. The first-order valence-electron chi connectivity index (χ1n) is 7.05. The molecule has 0 saturated carbocycles. The van der Waals surface area contributed by atoms with Gasteiger partial charge in [-0.2, -0.15) is 4.98 Å². The van der Waals surface area contributed by atoms with Crippen LogP contribution in [0.15, 0.2) is 30.5 Å². The molecule has 0 unspecified atom stereocenters. The zero-order valence-electron chi connectivity index (χ0n) is 11.9. The fraction of sp³-hybridized carbons (Fsp3) is 0.267. The van der Waals surface area contributed by atoms with Gasteiger partial charge in [0.1, 0.15) is 17.1 Å². The second-order valence-electron chi connectivity index (χ2n) is 5.10. The lowest BCUT2D eigenvalue weighted by molar-refractivity contribution is 0.0694. The van der Waals surface area contributed by atoms with E-state index in [1.54, 1.807) is 18.3 Å². The highest BCUT2D eigenvalue weighted by Gasteiger charge is 2.15. The summed E-state index contributed by atoms with van der Waals surface area (Å²) in [4.78, 5) is 21.9. The maximum atomic E-state index is 11.0. The lowest BCUT2D eigenvalue weighted by Gasteiger charge is -2.15. The Morgan fingerprint density at radius 1 is 1.23 bits per heavy atom. The molecule has 0 atom stereocenters. The van der Waals surface area contributed by atoms with Crippen LogP contribution in [0, 0.1) is 0 Å². The Kier molecular flexibility index (Phi) is 3.78. The van der Waals surface area contributed by atoms with Crippen LogP contribution in [0.3, 0.4) is 0 Å². The van der Waals surface area contributed by atoms with Crippen molar-refractivity contribution in [2.24, 2.45) is 0 Å². The van der Waals surface area contributed by atoms with E-state index in [0.29, 0.717) is 17.5 Å². The number of hydrogen-bond acceptors (Lipinski definition) is 6. The van der Waals surface area contributed by atoms with Gasteiger partial charge in [-0.1, -0.05) is 0 Å². The van der Waals surface area contributed by atoms with Gasteiger partial charge in [-0.05, 0) is 37.1 Å². The Balaban J connectivity index is 1.82. The third-order valence-electron chi connectivity index (χ3n) is 3.53. The molecule has 1 aliphatic rings. The lowest BCUT2D eigenvalue weighted by Crippen LogP contribution is -2.20. The summed E-state index contributed by atoms with van der Waals surface area (Å²) in [7, 11) is 0. The van der Waals surface area contributed by atoms with E-state index in [0.717, 1.165) is 25.9 Å². The van der Waals surface area contributed by atoms with E-state index in [-0.39, 0.29) is 11.3 Å². The molecule has 0 bridgehead atoms. The summed E-state index contributed by atoms with van der Waals surface area (Å²) in [5.74, 6) is -0.196. The summed E-state index contributed by atoms with van der Waals surface area (Å²) in [5.41, 5.74) is 0.389. The predicted molar refractivity (Wildman–Crippen MR) is 81.8 cm³/mol. The molecule has 1 fully saturated rings. The smallest absolute Gasteiger partial charge is 0.339 e. The van der Waals surface area contributed by atoms with E-state index < -0.39 is 5.97 Å². The molecule has 0 spiro atoms. The van der Waals surface area contributed by atoms with Crippen molar-refractivity contribution in [1.29, 1.82) is 0 Å². The van der Waals surface area contributed by atoms with E-state index in [9.17, 15) is 9.90 Å². The van der Waals surface area contributed by atoms with Crippen molar-refractivity contribution >= 4 is 23.4 Å². The molecule has 0 radical (unpaired) electrons. The van der Waals surface area contributed by atoms with Gasteiger partial charge in [0.2, 0.25) is 5.95 Å². The maximum absolute atomic E-state index is 11.0. The molecule has 114 valence electrons. The molecular formula is C15H16N4O3. The van der Waals surface area contributed by atoms with Crippen LogP contribution in [0.1, 0.15) is 23.2 Å². The second-order valence-corrected chi connectivity index (χ2v) is 5.10. The highest BCUT2D eigenvalue weighted by molar-refractivity contribution is 5.92. The Morgan fingerprint density at radius 2 is 2.00 bits per heavy atom. The number of hydrogen-bond donors (Lipinski definition) is 3. The molecule has 2 heterocycles. The largest absolute Gasteiger partial charge is 0.507 e. The average Bonchev–Trinajstić information content (AvgIpc) is 3.03. The molecule has 3 rings (SSSR count). The molecule has 3 N–H and O–H groups in total. The number of aromatic carboxylic acids is 1. The van der Waals surface area contributed by atoms with Gasteiger partial charge in [-0.25, -0.2) is 9.78 Å². The number of aromatic nitrogens is 2. The minimum absolute atomic E-state index is 0.154. The van der Waals surface area contributed by atoms with Crippen LogP contribution in [0.4, 0.5) is 17.5 Å². The molecule has 1 saturated heterocycles. The Hall–Kier alpha value is -2.83. The first-order chi connectivity index (χ1) is 10.6. The zero-order valence-corrected chi connectivity index (χ0v) is 11.9. The summed E-state index contributed by atoms with van der Waals surface area (Å²) in [6, 6.07) is 6.02. The van der Waals surface area contributed by atoms with Gasteiger partial charge in [0.25, 0.3) is 0 Å². The third-order valence-corrected chi connectivity index (χ3v) is 3.53. The molecule has 1 aliphatic heterocycles. The van der Waals surface area contributed by atoms with Crippen molar-refractivity contribution in [3.8, 4) is 5.75 Å². The van der Waals surface area contributed by atoms with Crippen LogP contribution in [0.2, 0.25) is 0 Å². The molecule has 1 aromatic carbocycles. The summed E-state index contributed by atoms with van der Waals surface area (Å²) >= 11 is 0. The SMILES string of the molecule is O=C(O)c1cc(Nc2ccnc(N3CCCC3)n2)ccc1O. The highest BCUT2D eigenvalue weighted by atomic mass is 16.4. The van der Waals surface area contributed by atoms with E-state index in [4.69, 9.17) is 5.11 Å². The van der Waals surface area contributed by atoms with E-state index >= 15 is 0 Å². The highest BCUT2D eigenvalue weighted by Crippen LogP contribution is 2.24. The zero-order chi connectivity index (χ0) is 15.5. The van der Waals surface area contributed by atoms with Crippen LogP contribution in [-0.4, -0.2) is 39.2 Å². The predicted octanol–water partition coefficient (Wildman–Crippen LogP) is 2.22. The molecule has 22 heavy (non-hydrogen) atoms. The number of phenols is 1. The first-order valence-corrected chi connectivity index (χ1v) is 7.05. The van der Waals surface area contributed by atoms with Gasteiger partial charge in [0.05, 0.1) is 0 Å². The molecular weight excluding hydrogens is 284 g/mol. The number of carboxylic acids is 1. The van der Waals surface area contributed by atoms with Gasteiger partial charge in [0, 0.05) is 25.0 Å². The lowest BCUT2D eigenvalue weighted by atomic mass is 10.2. The average molecular weight is 300 g/mol. The number of nitrogens with zero attached hydrogens (tertiary/aromatic N) is 3. The van der Waals surface area contributed by atoms with E-state index in [1.807, 2.05) is 0 Å². The Labute approximate surface area is 127 Å². The maximum Gasteiger partial charge on any atom is 0.339 e. The summed E-state index contributed by atoms with van der Waals surface area (Å²) in [6.45, 7) is 1.90. The van der Waals surface area contributed by atoms with Gasteiger partial charge in [-0.3, -0.25) is 0 Å². The molecule has 2 aromatic rings. The van der Waals surface area contributed by atoms with Crippen LogP contribution < -0.4 is 10.2 Å². The fourth-order valence-electron chi connectivity index (χ4n) is 2.42. The summed E-state index contributed by atoms with van der Waals surface area (Å²) < 4.78 is 0. The van der Waals surface area contributed by atoms with Crippen molar-refractivity contribution in [1.82, 2.24) is 9.97 Å². The minimum Gasteiger partial charge on any atom is -0.507 e. The molecule has 0 amide bonds. The van der Waals surface area contributed by atoms with Gasteiger partial charge >= 0.3 is 5.97 Å². The number of nitrogens with one attached hydrogen (secondary N) is 1. The van der Waals surface area contributed by atoms with Crippen molar-refractivity contribution < 1.29 is 15.0 Å². The van der Waals surface area contributed by atoms with Crippen molar-refractivity contribution in [2.75, 3.05) is 23.3 Å². The standard InChI is InChI=1S/C15H16N4O3/c20-12-4-3-10(9-11(12)14(21)22)17-13-5-6-16-15(18-13)19-7-1-2-8-19/h3-6,9,20H,1-2,7-8H2,(H,21,22)(H,16,17,18). The van der Waals surface area contributed by atoms with Crippen molar-refractivity contribution in [2.45, 2.75) is 12.8 Å². The number of rotatable bonds is 4. The quantitative estimate of drug-likeness (QED) is 0.745. The van der Waals surface area contributed by atoms with Crippen LogP contribution in [0.25, 0.3) is 0 Å². The second kappa shape index (κ2) is 5.88. The topological polar surface area (TPSA) is 98.6 Å². The molecule has 7 nitrogen and oxygen atoms in total. The minimum atomic E-state index is -1.18. The Morgan fingerprint density at radius 3 is 2.73 bits per heavy atom. The van der Waals surface area contributed by atoms with Gasteiger partial charge < -0.3 is 20.4 Å². The molecule has 0 aliphatic carbocycles. The van der Waals surface area contributed by atoms with Crippen LogP contribution in [-0.2, 0) is 0 Å². The number of anilines is 3. The number of aromatic hydroxyl groups is 1. The number of carboxylic acid groups (broad SMARTS) is 1. The summed E-state index contributed by atoms with van der Waals surface area (Å²) in [6.07, 6.45) is 3.95. The van der Waals surface area contributed by atoms with Gasteiger partial charge in [-0.15, -0.1) is 0 Å².